The lowest BCUT2D eigenvalue weighted by Crippen LogP contribution is -2.37. The Hall–Kier alpha value is -4.57. The summed E-state index contributed by atoms with van der Waals surface area (Å²) in [6, 6.07) is 18.6. The Morgan fingerprint density at radius 1 is 0.944 bits per heavy atom. The number of benzene rings is 3. The molecule has 3 N–H and O–H groups in total. The van der Waals surface area contributed by atoms with Gasteiger partial charge in [0.25, 0.3) is 5.91 Å². The smallest absolute Gasteiger partial charge is 0.329 e. The van der Waals surface area contributed by atoms with Gasteiger partial charge in [-0.05, 0) is 71.8 Å². The number of fused-ring (bicyclic) bond motifs is 1. The van der Waals surface area contributed by atoms with Crippen molar-refractivity contribution in [2.75, 3.05) is 18.7 Å². The number of halogens is 1. The van der Waals surface area contributed by atoms with Crippen LogP contribution in [0.1, 0.15) is 11.1 Å². The molecule has 0 spiro atoms. The van der Waals surface area contributed by atoms with Crippen LogP contribution in [0.4, 0.5) is 5.69 Å². The van der Waals surface area contributed by atoms with Gasteiger partial charge in [-0.1, -0.05) is 17.7 Å². The first-order valence-electron chi connectivity index (χ1n) is 10.7. The summed E-state index contributed by atoms with van der Waals surface area (Å²) in [5.74, 6) is -0.346. The largest absolute Gasteiger partial charge is 0.484 e. The lowest BCUT2D eigenvalue weighted by atomic mass is 10.2. The number of amides is 3. The lowest BCUT2D eigenvalue weighted by molar-refractivity contribution is -0.139. The fourth-order valence-corrected chi connectivity index (χ4v) is 3.19. The van der Waals surface area contributed by atoms with Gasteiger partial charge in [0, 0.05) is 17.3 Å². The second kappa shape index (κ2) is 11.7. The number of ether oxygens (including phenoxy) is 3. The number of nitrogens with zero attached hydrogens (tertiary/aromatic N) is 1. The minimum atomic E-state index is -0.904. The van der Waals surface area contributed by atoms with Crippen LogP contribution in [-0.2, 0) is 20.9 Å². The molecule has 3 aromatic rings. The molecule has 0 fully saturated rings. The summed E-state index contributed by atoms with van der Waals surface area (Å²) in [6.45, 7) is 0.128. The van der Waals surface area contributed by atoms with E-state index < -0.39 is 11.8 Å². The third kappa shape index (κ3) is 6.97. The third-order valence-electron chi connectivity index (χ3n) is 4.85. The average Bonchev–Trinajstić information content (AvgIpc) is 3.36. The molecule has 3 amide bonds. The maximum atomic E-state index is 12.0. The highest BCUT2D eigenvalue weighted by molar-refractivity contribution is 6.35. The SMILES string of the molecule is O=C(COc1ccc(/C=N\NC(=O)C(=O)NCc2ccc3c(c2)OCO3)cc1)Nc1ccc(Cl)cc1. The molecule has 10 nitrogen and oxygen atoms in total. The van der Waals surface area contributed by atoms with Gasteiger partial charge in [-0.2, -0.15) is 5.10 Å². The topological polar surface area (TPSA) is 127 Å². The Bertz CT molecular complexity index is 1280. The minimum absolute atomic E-state index is 0.145. The summed E-state index contributed by atoms with van der Waals surface area (Å²) in [5, 5.41) is 9.57. The number of hydrogen-bond donors (Lipinski definition) is 3. The van der Waals surface area contributed by atoms with Crippen LogP contribution in [0.5, 0.6) is 17.2 Å². The lowest BCUT2D eigenvalue weighted by Gasteiger charge is -2.08. The van der Waals surface area contributed by atoms with Crippen molar-refractivity contribution in [1.29, 1.82) is 0 Å². The monoisotopic (exact) mass is 508 g/mol. The van der Waals surface area contributed by atoms with Gasteiger partial charge >= 0.3 is 11.8 Å². The minimum Gasteiger partial charge on any atom is -0.484 e. The number of anilines is 1. The molecule has 0 atom stereocenters. The Balaban J connectivity index is 1.17. The fraction of sp³-hybridized carbons (Fsp3) is 0.120. The van der Waals surface area contributed by atoms with Crippen molar-refractivity contribution in [3.63, 3.8) is 0 Å². The second-order valence-electron chi connectivity index (χ2n) is 7.48. The van der Waals surface area contributed by atoms with Crippen LogP contribution in [-0.4, -0.2) is 37.3 Å². The molecular weight excluding hydrogens is 488 g/mol. The highest BCUT2D eigenvalue weighted by Gasteiger charge is 2.15. The highest BCUT2D eigenvalue weighted by atomic mass is 35.5. The fourth-order valence-electron chi connectivity index (χ4n) is 3.06. The van der Waals surface area contributed by atoms with Gasteiger partial charge in [-0.25, -0.2) is 5.43 Å². The normalized spacial score (nSPS) is 11.7. The van der Waals surface area contributed by atoms with E-state index in [0.717, 1.165) is 5.56 Å². The number of nitrogens with one attached hydrogen (secondary N) is 3. The van der Waals surface area contributed by atoms with E-state index in [2.05, 4.69) is 21.2 Å². The molecule has 11 heteroatoms. The molecule has 1 heterocycles. The van der Waals surface area contributed by atoms with Crippen molar-refractivity contribution in [3.05, 3.63) is 82.9 Å². The molecule has 3 aromatic carbocycles. The summed E-state index contributed by atoms with van der Waals surface area (Å²) in [5.41, 5.74) is 4.19. The van der Waals surface area contributed by atoms with Crippen LogP contribution in [0.15, 0.2) is 71.8 Å². The zero-order valence-corrected chi connectivity index (χ0v) is 19.6. The second-order valence-corrected chi connectivity index (χ2v) is 7.92. The number of rotatable bonds is 8. The molecule has 0 aliphatic carbocycles. The van der Waals surface area contributed by atoms with Gasteiger partial charge in [0.1, 0.15) is 5.75 Å². The molecule has 4 rings (SSSR count). The van der Waals surface area contributed by atoms with Gasteiger partial charge in [0.05, 0.1) is 6.21 Å². The number of carbonyl (C=O) groups excluding carboxylic acids is 3. The average molecular weight is 509 g/mol. The molecule has 36 heavy (non-hydrogen) atoms. The summed E-state index contributed by atoms with van der Waals surface area (Å²) < 4.78 is 16.0. The van der Waals surface area contributed by atoms with Gasteiger partial charge < -0.3 is 24.8 Å². The molecule has 1 aliphatic heterocycles. The van der Waals surface area contributed by atoms with Crippen molar-refractivity contribution < 1.29 is 28.6 Å². The van der Waals surface area contributed by atoms with Crippen LogP contribution in [0.2, 0.25) is 5.02 Å². The summed E-state index contributed by atoms with van der Waals surface area (Å²) >= 11 is 5.82. The van der Waals surface area contributed by atoms with Gasteiger partial charge in [-0.3, -0.25) is 14.4 Å². The van der Waals surface area contributed by atoms with Gasteiger partial charge in [0.15, 0.2) is 18.1 Å². The van der Waals surface area contributed by atoms with Crippen molar-refractivity contribution >= 4 is 41.2 Å². The summed E-state index contributed by atoms with van der Waals surface area (Å²) in [6.07, 6.45) is 1.38. The molecule has 0 radical (unpaired) electrons. The van der Waals surface area contributed by atoms with E-state index in [1.54, 1.807) is 66.7 Å². The molecule has 184 valence electrons. The van der Waals surface area contributed by atoms with Crippen LogP contribution in [0.25, 0.3) is 0 Å². The highest BCUT2D eigenvalue weighted by Crippen LogP contribution is 2.32. The third-order valence-corrected chi connectivity index (χ3v) is 5.11. The van der Waals surface area contributed by atoms with E-state index in [0.29, 0.717) is 33.5 Å². The quantitative estimate of drug-likeness (QED) is 0.244. The van der Waals surface area contributed by atoms with E-state index in [1.807, 2.05) is 0 Å². The maximum Gasteiger partial charge on any atom is 0.329 e. The zero-order chi connectivity index (χ0) is 25.3. The Labute approximate surface area is 211 Å². The first-order valence-corrected chi connectivity index (χ1v) is 11.1. The van der Waals surface area contributed by atoms with E-state index in [9.17, 15) is 14.4 Å². The molecule has 0 saturated carbocycles. The van der Waals surface area contributed by atoms with Crippen LogP contribution in [0.3, 0.4) is 0 Å². The van der Waals surface area contributed by atoms with E-state index in [-0.39, 0.29) is 25.9 Å². The molecular formula is C25H21ClN4O6. The first kappa shape index (κ1) is 24.6. The summed E-state index contributed by atoms with van der Waals surface area (Å²) in [4.78, 5) is 35.9. The maximum absolute atomic E-state index is 12.0. The predicted octanol–water partition coefficient (Wildman–Crippen LogP) is 2.85. The van der Waals surface area contributed by atoms with Crippen LogP contribution in [0, 0.1) is 0 Å². The van der Waals surface area contributed by atoms with E-state index in [1.165, 1.54) is 6.21 Å². The molecule has 0 bridgehead atoms. The van der Waals surface area contributed by atoms with Crippen LogP contribution >= 0.6 is 11.6 Å². The Kier molecular flexibility index (Phi) is 7.99. The van der Waals surface area contributed by atoms with Crippen LogP contribution < -0.4 is 30.3 Å². The molecule has 0 aromatic heterocycles. The number of hydrogen-bond acceptors (Lipinski definition) is 7. The first-order chi connectivity index (χ1) is 17.5. The van der Waals surface area contributed by atoms with E-state index in [4.69, 9.17) is 25.8 Å². The molecule has 0 saturated heterocycles. The number of hydrazone groups is 1. The standard InChI is InChI=1S/C25H21ClN4O6/c26-18-4-6-19(7-5-18)29-23(31)14-34-20-8-1-16(2-9-20)13-28-30-25(33)24(32)27-12-17-3-10-21-22(11-17)36-15-35-21/h1-11,13H,12,14-15H2,(H,27,32)(H,29,31)(H,30,33)/b28-13-. The Morgan fingerprint density at radius 2 is 1.69 bits per heavy atom. The van der Waals surface area contributed by atoms with Crippen molar-refractivity contribution in [2.45, 2.75) is 6.54 Å². The zero-order valence-electron chi connectivity index (χ0n) is 18.8. The van der Waals surface area contributed by atoms with Crippen molar-refractivity contribution in [1.82, 2.24) is 10.7 Å². The van der Waals surface area contributed by atoms with Gasteiger partial charge in [-0.15, -0.1) is 0 Å². The van der Waals surface area contributed by atoms with Crippen molar-refractivity contribution in [3.8, 4) is 17.2 Å². The van der Waals surface area contributed by atoms with Gasteiger partial charge in [0.2, 0.25) is 6.79 Å². The van der Waals surface area contributed by atoms with E-state index >= 15 is 0 Å². The molecule has 1 aliphatic rings. The van der Waals surface area contributed by atoms with Crippen molar-refractivity contribution in [2.24, 2.45) is 5.10 Å². The number of carbonyl (C=O) groups is 3. The Morgan fingerprint density at radius 3 is 2.47 bits per heavy atom. The molecule has 0 unspecified atom stereocenters. The predicted molar refractivity (Wildman–Crippen MR) is 132 cm³/mol. The summed E-state index contributed by atoms with van der Waals surface area (Å²) in [7, 11) is 0.